The van der Waals surface area contributed by atoms with Gasteiger partial charge in [0.25, 0.3) is 0 Å². The molecule has 2 nitrogen and oxygen atoms in total. The Bertz CT molecular complexity index is 386. The quantitative estimate of drug-likeness (QED) is 0.807. The van der Waals surface area contributed by atoms with E-state index >= 15 is 0 Å². The van der Waals surface area contributed by atoms with Gasteiger partial charge in [-0.05, 0) is 42.3 Å². The maximum atomic E-state index is 3.58. The van der Waals surface area contributed by atoms with Crippen LogP contribution < -0.4 is 10.6 Å². The predicted molar refractivity (Wildman–Crippen MR) is 67.6 cm³/mol. The van der Waals surface area contributed by atoms with Gasteiger partial charge in [-0.3, -0.25) is 0 Å². The van der Waals surface area contributed by atoms with Crippen molar-refractivity contribution in [3.63, 3.8) is 0 Å². The molecule has 2 unspecified atom stereocenters. The first-order chi connectivity index (χ1) is 7.84. The van der Waals surface area contributed by atoms with Crippen molar-refractivity contribution in [3.05, 3.63) is 29.3 Å². The van der Waals surface area contributed by atoms with Crippen molar-refractivity contribution in [1.82, 2.24) is 5.32 Å². The maximum Gasteiger partial charge on any atom is 0.0419 e. The molecule has 2 heteroatoms. The molecule has 1 aliphatic heterocycles. The van der Waals surface area contributed by atoms with Crippen molar-refractivity contribution in [2.24, 2.45) is 11.8 Å². The zero-order chi connectivity index (χ0) is 11.0. The third kappa shape index (κ3) is 1.94. The number of para-hydroxylation sites is 1. The summed E-state index contributed by atoms with van der Waals surface area (Å²) in [5.41, 5.74) is 4.31. The molecular weight excluding hydrogens is 196 g/mol. The van der Waals surface area contributed by atoms with E-state index in [-0.39, 0.29) is 0 Å². The Kier molecular flexibility index (Phi) is 2.60. The Morgan fingerprint density at radius 3 is 3.12 bits per heavy atom. The molecule has 0 radical (unpaired) electrons. The first kappa shape index (κ1) is 10.2. The average Bonchev–Trinajstić information content (AvgIpc) is 2.81. The number of anilines is 1. The fourth-order valence-electron chi connectivity index (χ4n) is 2.63. The van der Waals surface area contributed by atoms with Gasteiger partial charge in [-0.15, -0.1) is 0 Å². The lowest BCUT2D eigenvalue weighted by Gasteiger charge is -2.09. The summed E-state index contributed by atoms with van der Waals surface area (Å²) in [6.45, 7) is 5.64. The van der Waals surface area contributed by atoms with Crippen LogP contribution in [0.1, 0.15) is 24.5 Å². The van der Waals surface area contributed by atoms with Crippen LogP contribution in [0, 0.1) is 11.8 Å². The highest BCUT2D eigenvalue weighted by molar-refractivity contribution is 5.61. The van der Waals surface area contributed by atoms with E-state index in [0.29, 0.717) is 0 Å². The van der Waals surface area contributed by atoms with Gasteiger partial charge in [0.15, 0.2) is 0 Å². The lowest BCUT2D eigenvalue weighted by molar-refractivity contribution is 0.612. The highest BCUT2D eigenvalue weighted by Crippen LogP contribution is 2.36. The fraction of sp³-hybridized carbons (Fsp3) is 0.571. The molecule has 2 atom stereocenters. The molecule has 3 rings (SSSR count). The van der Waals surface area contributed by atoms with Crippen molar-refractivity contribution in [1.29, 1.82) is 0 Å². The molecule has 0 spiro atoms. The van der Waals surface area contributed by atoms with Gasteiger partial charge in [0, 0.05) is 18.8 Å². The second-order valence-corrected chi connectivity index (χ2v) is 5.23. The Balaban J connectivity index is 1.59. The standard InChI is InChI=1S/C14H20N2/c1-10-7-13(10)9-15-8-12-4-2-3-11-5-6-16-14(11)12/h2-4,10,13,15-16H,5-9H2,1H3. The molecule has 1 aromatic carbocycles. The van der Waals surface area contributed by atoms with Crippen LogP contribution in [0.3, 0.4) is 0 Å². The molecule has 0 amide bonds. The van der Waals surface area contributed by atoms with Crippen LogP contribution in [0.2, 0.25) is 0 Å². The summed E-state index contributed by atoms with van der Waals surface area (Å²) in [6, 6.07) is 6.66. The summed E-state index contributed by atoms with van der Waals surface area (Å²) in [5, 5.41) is 7.07. The fourth-order valence-corrected chi connectivity index (χ4v) is 2.63. The molecule has 1 aliphatic carbocycles. The van der Waals surface area contributed by atoms with E-state index in [1.807, 2.05) is 0 Å². The highest BCUT2D eigenvalue weighted by atomic mass is 14.9. The molecule has 1 saturated carbocycles. The molecule has 16 heavy (non-hydrogen) atoms. The van der Waals surface area contributed by atoms with Gasteiger partial charge in [0.2, 0.25) is 0 Å². The Hall–Kier alpha value is -1.02. The highest BCUT2D eigenvalue weighted by Gasteiger charge is 2.31. The van der Waals surface area contributed by atoms with Crippen LogP contribution in [0.4, 0.5) is 5.69 Å². The van der Waals surface area contributed by atoms with Crippen LogP contribution in [-0.4, -0.2) is 13.1 Å². The van der Waals surface area contributed by atoms with Crippen LogP contribution in [0.15, 0.2) is 18.2 Å². The van der Waals surface area contributed by atoms with E-state index in [2.05, 4.69) is 35.8 Å². The summed E-state index contributed by atoms with van der Waals surface area (Å²) in [7, 11) is 0. The summed E-state index contributed by atoms with van der Waals surface area (Å²) in [5.74, 6) is 1.89. The predicted octanol–water partition coefficient (Wildman–Crippen LogP) is 2.40. The van der Waals surface area contributed by atoms with Crippen molar-refractivity contribution in [2.45, 2.75) is 26.3 Å². The van der Waals surface area contributed by atoms with Crippen molar-refractivity contribution in [2.75, 3.05) is 18.4 Å². The second kappa shape index (κ2) is 4.10. The first-order valence-corrected chi connectivity index (χ1v) is 6.40. The third-order valence-corrected chi connectivity index (χ3v) is 3.93. The minimum absolute atomic E-state index is 0.935. The molecule has 1 aromatic rings. The van der Waals surface area contributed by atoms with Crippen LogP contribution in [0.25, 0.3) is 0 Å². The lowest BCUT2D eigenvalue weighted by Crippen LogP contribution is -2.17. The maximum absolute atomic E-state index is 3.58. The SMILES string of the molecule is CC1CC1CNCc1cccc2c1NCC2. The van der Waals surface area contributed by atoms with Gasteiger partial charge in [0.1, 0.15) is 0 Å². The van der Waals surface area contributed by atoms with E-state index in [0.717, 1.165) is 24.9 Å². The molecule has 2 N–H and O–H groups in total. The van der Waals surface area contributed by atoms with Crippen molar-refractivity contribution >= 4 is 5.69 Å². The molecule has 2 aliphatic rings. The lowest BCUT2D eigenvalue weighted by atomic mass is 10.1. The van der Waals surface area contributed by atoms with Crippen LogP contribution >= 0.6 is 0 Å². The molecule has 0 aromatic heterocycles. The Morgan fingerprint density at radius 2 is 2.31 bits per heavy atom. The molecule has 1 fully saturated rings. The third-order valence-electron chi connectivity index (χ3n) is 3.93. The minimum Gasteiger partial charge on any atom is -0.384 e. The summed E-state index contributed by atoms with van der Waals surface area (Å²) >= 11 is 0. The summed E-state index contributed by atoms with van der Waals surface area (Å²) in [4.78, 5) is 0. The van der Waals surface area contributed by atoms with E-state index in [1.54, 1.807) is 0 Å². The van der Waals surface area contributed by atoms with Crippen LogP contribution in [-0.2, 0) is 13.0 Å². The van der Waals surface area contributed by atoms with Crippen LogP contribution in [0.5, 0.6) is 0 Å². The molecule has 1 heterocycles. The summed E-state index contributed by atoms with van der Waals surface area (Å²) in [6.07, 6.45) is 2.60. The largest absolute Gasteiger partial charge is 0.384 e. The topological polar surface area (TPSA) is 24.1 Å². The molecule has 0 bridgehead atoms. The summed E-state index contributed by atoms with van der Waals surface area (Å²) < 4.78 is 0. The zero-order valence-corrected chi connectivity index (χ0v) is 9.92. The minimum atomic E-state index is 0.935. The monoisotopic (exact) mass is 216 g/mol. The van der Waals surface area contributed by atoms with Gasteiger partial charge in [-0.1, -0.05) is 25.1 Å². The molecular formula is C14H20N2. The number of hydrogen-bond acceptors (Lipinski definition) is 2. The zero-order valence-electron chi connectivity index (χ0n) is 9.92. The Labute approximate surface area is 97.4 Å². The number of rotatable bonds is 4. The van der Waals surface area contributed by atoms with E-state index < -0.39 is 0 Å². The van der Waals surface area contributed by atoms with Gasteiger partial charge < -0.3 is 10.6 Å². The Morgan fingerprint density at radius 1 is 1.44 bits per heavy atom. The van der Waals surface area contributed by atoms with Crippen molar-refractivity contribution in [3.8, 4) is 0 Å². The molecule has 0 saturated heterocycles. The number of benzene rings is 1. The van der Waals surface area contributed by atoms with Gasteiger partial charge in [-0.25, -0.2) is 0 Å². The first-order valence-electron chi connectivity index (χ1n) is 6.40. The smallest absolute Gasteiger partial charge is 0.0419 e. The van der Waals surface area contributed by atoms with Gasteiger partial charge in [-0.2, -0.15) is 0 Å². The van der Waals surface area contributed by atoms with E-state index in [1.165, 1.54) is 36.2 Å². The number of fused-ring (bicyclic) bond motifs is 1. The number of hydrogen-bond donors (Lipinski definition) is 2. The van der Waals surface area contributed by atoms with E-state index in [9.17, 15) is 0 Å². The van der Waals surface area contributed by atoms with Gasteiger partial charge in [0.05, 0.1) is 0 Å². The second-order valence-electron chi connectivity index (χ2n) is 5.23. The molecule has 86 valence electrons. The van der Waals surface area contributed by atoms with Gasteiger partial charge >= 0.3 is 0 Å². The number of nitrogens with one attached hydrogen (secondary N) is 2. The normalized spacial score (nSPS) is 26.3. The van der Waals surface area contributed by atoms with E-state index in [4.69, 9.17) is 0 Å². The average molecular weight is 216 g/mol. The van der Waals surface area contributed by atoms with Crippen molar-refractivity contribution < 1.29 is 0 Å².